The SMILES string of the molecule is Cc1cc(C)nc(NCC2(C)CCCCC2)n1. The molecule has 17 heavy (non-hydrogen) atoms. The number of aromatic nitrogens is 2. The maximum atomic E-state index is 4.43. The summed E-state index contributed by atoms with van der Waals surface area (Å²) in [5.74, 6) is 0.786. The fourth-order valence-corrected chi connectivity index (χ4v) is 2.68. The van der Waals surface area contributed by atoms with Crippen LogP contribution in [0.1, 0.15) is 50.4 Å². The van der Waals surface area contributed by atoms with Crippen molar-refractivity contribution in [3.05, 3.63) is 17.5 Å². The van der Waals surface area contributed by atoms with Gasteiger partial charge >= 0.3 is 0 Å². The lowest BCUT2D eigenvalue weighted by atomic mass is 9.76. The molecule has 2 rings (SSSR count). The Balaban J connectivity index is 1.96. The second-order valence-corrected chi connectivity index (χ2v) is 5.70. The second-order valence-electron chi connectivity index (χ2n) is 5.70. The largest absolute Gasteiger partial charge is 0.354 e. The molecule has 94 valence electrons. The smallest absolute Gasteiger partial charge is 0.223 e. The fraction of sp³-hybridized carbons (Fsp3) is 0.714. The van der Waals surface area contributed by atoms with Crippen LogP contribution < -0.4 is 5.32 Å². The lowest BCUT2D eigenvalue weighted by Crippen LogP contribution is -2.29. The fourth-order valence-electron chi connectivity index (χ4n) is 2.68. The molecule has 0 atom stereocenters. The molecule has 1 saturated carbocycles. The monoisotopic (exact) mass is 233 g/mol. The second kappa shape index (κ2) is 5.03. The van der Waals surface area contributed by atoms with E-state index < -0.39 is 0 Å². The van der Waals surface area contributed by atoms with Gasteiger partial charge in [0.1, 0.15) is 0 Å². The van der Waals surface area contributed by atoms with Crippen LogP contribution in [0.4, 0.5) is 5.95 Å². The zero-order valence-corrected chi connectivity index (χ0v) is 11.2. The Bertz CT molecular complexity index is 361. The zero-order chi connectivity index (χ0) is 12.3. The first kappa shape index (κ1) is 12.3. The quantitative estimate of drug-likeness (QED) is 0.868. The van der Waals surface area contributed by atoms with Crippen molar-refractivity contribution < 1.29 is 0 Å². The summed E-state index contributed by atoms with van der Waals surface area (Å²) in [7, 11) is 0. The minimum absolute atomic E-state index is 0.430. The highest BCUT2D eigenvalue weighted by atomic mass is 15.1. The number of hydrogen-bond donors (Lipinski definition) is 1. The number of rotatable bonds is 3. The molecule has 1 aromatic rings. The van der Waals surface area contributed by atoms with Gasteiger partial charge in [-0.15, -0.1) is 0 Å². The molecule has 1 N–H and O–H groups in total. The van der Waals surface area contributed by atoms with Crippen LogP contribution in [0.15, 0.2) is 6.07 Å². The van der Waals surface area contributed by atoms with Gasteiger partial charge in [-0.05, 0) is 38.2 Å². The normalized spacial score (nSPS) is 19.0. The molecule has 0 aliphatic heterocycles. The molecule has 0 radical (unpaired) electrons. The van der Waals surface area contributed by atoms with E-state index in [1.165, 1.54) is 32.1 Å². The summed E-state index contributed by atoms with van der Waals surface area (Å²) in [6.07, 6.45) is 6.78. The average Bonchev–Trinajstić information content (AvgIpc) is 2.26. The Morgan fingerprint density at radius 1 is 1.12 bits per heavy atom. The molecule has 1 fully saturated rings. The van der Waals surface area contributed by atoms with Crippen molar-refractivity contribution in [2.45, 2.75) is 52.9 Å². The molecule has 1 aliphatic carbocycles. The molecule has 1 heterocycles. The first-order chi connectivity index (χ1) is 8.07. The summed E-state index contributed by atoms with van der Waals surface area (Å²) in [6, 6.07) is 2.01. The first-order valence-corrected chi connectivity index (χ1v) is 6.64. The highest BCUT2D eigenvalue weighted by Crippen LogP contribution is 2.35. The van der Waals surface area contributed by atoms with Crippen LogP contribution in [0, 0.1) is 19.3 Å². The van der Waals surface area contributed by atoms with E-state index >= 15 is 0 Å². The molecule has 0 aromatic carbocycles. The van der Waals surface area contributed by atoms with Crippen molar-refractivity contribution in [1.82, 2.24) is 9.97 Å². The average molecular weight is 233 g/mol. The lowest BCUT2D eigenvalue weighted by molar-refractivity contribution is 0.233. The number of anilines is 1. The van der Waals surface area contributed by atoms with E-state index in [1.54, 1.807) is 0 Å². The Kier molecular flexibility index (Phi) is 3.65. The summed E-state index contributed by atoms with van der Waals surface area (Å²) in [5, 5.41) is 3.41. The predicted molar refractivity (Wildman–Crippen MR) is 71.2 cm³/mol. The van der Waals surface area contributed by atoms with Gasteiger partial charge < -0.3 is 5.32 Å². The molecular weight excluding hydrogens is 210 g/mol. The van der Waals surface area contributed by atoms with E-state index in [4.69, 9.17) is 0 Å². The van der Waals surface area contributed by atoms with E-state index in [0.29, 0.717) is 5.41 Å². The van der Waals surface area contributed by atoms with E-state index in [1.807, 2.05) is 19.9 Å². The van der Waals surface area contributed by atoms with Gasteiger partial charge in [0.15, 0.2) is 0 Å². The predicted octanol–water partition coefficient (Wildman–Crippen LogP) is 3.48. The van der Waals surface area contributed by atoms with Crippen molar-refractivity contribution in [2.24, 2.45) is 5.41 Å². The van der Waals surface area contributed by atoms with E-state index in [9.17, 15) is 0 Å². The van der Waals surface area contributed by atoms with Crippen LogP contribution in [0.25, 0.3) is 0 Å². The van der Waals surface area contributed by atoms with Crippen LogP contribution in [0.2, 0.25) is 0 Å². The standard InChI is InChI=1S/C14H23N3/c1-11-9-12(2)17-13(16-11)15-10-14(3)7-5-4-6-8-14/h9H,4-8,10H2,1-3H3,(H,15,16,17). The molecule has 0 spiro atoms. The van der Waals surface area contributed by atoms with Gasteiger partial charge in [0, 0.05) is 17.9 Å². The first-order valence-electron chi connectivity index (χ1n) is 6.64. The number of nitrogens with one attached hydrogen (secondary N) is 1. The van der Waals surface area contributed by atoms with Gasteiger partial charge in [0.25, 0.3) is 0 Å². The highest BCUT2D eigenvalue weighted by molar-refractivity contribution is 5.28. The Morgan fingerprint density at radius 2 is 1.71 bits per heavy atom. The Hall–Kier alpha value is -1.12. The molecule has 3 nitrogen and oxygen atoms in total. The summed E-state index contributed by atoms with van der Waals surface area (Å²) in [6.45, 7) is 7.40. The van der Waals surface area contributed by atoms with Crippen LogP contribution in [0.5, 0.6) is 0 Å². The molecule has 1 aromatic heterocycles. The van der Waals surface area contributed by atoms with Crippen molar-refractivity contribution in [3.8, 4) is 0 Å². The molecule has 0 amide bonds. The van der Waals surface area contributed by atoms with Crippen LogP contribution >= 0.6 is 0 Å². The summed E-state index contributed by atoms with van der Waals surface area (Å²) in [5.41, 5.74) is 2.50. The number of aryl methyl sites for hydroxylation is 2. The van der Waals surface area contributed by atoms with Crippen molar-refractivity contribution >= 4 is 5.95 Å². The molecule has 0 unspecified atom stereocenters. The molecule has 0 bridgehead atoms. The molecular formula is C14H23N3. The summed E-state index contributed by atoms with van der Waals surface area (Å²) >= 11 is 0. The van der Waals surface area contributed by atoms with Crippen LogP contribution in [-0.4, -0.2) is 16.5 Å². The van der Waals surface area contributed by atoms with Crippen LogP contribution in [0.3, 0.4) is 0 Å². The Labute approximate surface area is 104 Å². The minimum atomic E-state index is 0.430. The summed E-state index contributed by atoms with van der Waals surface area (Å²) in [4.78, 5) is 8.85. The third kappa shape index (κ3) is 3.42. The number of nitrogens with zero attached hydrogens (tertiary/aromatic N) is 2. The number of hydrogen-bond acceptors (Lipinski definition) is 3. The van der Waals surface area contributed by atoms with Gasteiger partial charge in [-0.1, -0.05) is 26.2 Å². The molecule has 1 aliphatic rings. The van der Waals surface area contributed by atoms with Crippen LogP contribution in [-0.2, 0) is 0 Å². The molecule has 3 heteroatoms. The van der Waals surface area contributed by atoms with Crippen molar-refractivity contribution in [2.75, 3.05) is 11.9 Å². The van der Waals surface area contributed by atoms with E-state index in [-0.39, 0.29) is 0 Å². The van der Waals surface area contributed by atoms with Gasteiger partial charge in [0.2, 0.25) is 5.95 Å². The maximum Gasteiger partial charge on any atom is 0.223 e. The van der Waals surface area contributed by atoms with Gasteiger partial charge in [-0.2, -0.15) is 0 Å². The van der Waals surface area contributed by atoms with E-state index in [2.05, 4.69) is 22.2 Å². The summed E-state index contributed by atoms with van der Waals surface area (Å²) < 4.78 is 0. The van der Waals surface area contributed by atoms with E-state index in [0.717, 1.165) is 23.9 Å². The third-order valence-electron chi connectivity index (χ3n) is 3.72. The highest BCUT2D eigenvalue weighted by Gasteiger charge is 2.26. The van der Waals surface area contributed by atoms with Crippen molar-refractivity contribution in [3.63, 3.8) is 0 Å². The topological polar surface area (TPSA) is 37.8 Å². The maximum absolute atomic E-state index is 4.43. The Morgan fingerprint density at radius 3 is 2.29 bits per heavy atom. The van der Waals surface area contributed by atoms with Gasteiger partial charge in [-0.25, -0.2) is 9.97 Å². The zero-order valence-electron chi connectivity index (χ0n) is 11.2. The van der Waals surface area contributed by atoms with Gasteiger partial charge in [-0.3, -0.25) is 0 Å². The minimum Gasteiger partial charge on any atom is -0.354 e. The lowest BCUT2D eigenvalue weighted by Gasteiger charge is -2.33. The van der Waals surface area contributed by atoms with Crippen molar-refractivity contribution in [1.29, 1.82) is 0 Å². The third-order valence-corrected chi connectivity index (χ3v) is 3.72. The molecule has 0 saturated heterocycles. The van der Waals surface area contributed by atoms with Gasteiger partial charge in [0.05, 0.1) is 0 Å².